The maximum Gasteiger partial charge on any atom is 0.276 e. The Labute approximate surface area is 168 Å². The van der Waals surface area contributed by atoms with Gasteiger partial charge in [-0.05, 0) is 29.8 Å². The number of nitrogen functional groups attached to an aromatic ring is 1. The van der Waals surface area contributed by atoms with Gasteiger partial charge in [0.15, 0.2) is 0 Å². The zero-order chi connectivity index (χ0) is 20.6. The highest BCUT2D eigenvalue weighted by molar-refractivity contribution is 5.99. The average molecular weight is 394 g/mol. The highest BCUT2D eigenvalue weighted by Gasteiger charge is 2.12. The summed E-state index contributed by atoms with van der Waals surface area (Å²) in [6, 6.07) is 15.6. The molecule has 0 aliphatic carbocycles. The number of hydrogen-bond acceptors (Lipinski definition) is 7. The molecule has 3 rings (SSSR count). The van der Waals surface area contributed by atoms with Gasteiger partial charge in [0.2, 0.25) is 5.88 Å². The number of carbonyl (C=O) groups excluding carboxylic acids is 1. The topological polar surface area (TPSA) is 119 Å². The van der Waals surface area contributed by atoms with Crippen molar-refractivity contribution in [3.63, 3.8) is 0 Å². The summed E-state index contributed by atoms with van der Waals surface area (Å²) in [7, 11) is 1.54. The molecular weight excluding hydrogens is 372 g/mol. The van der Waals surface area contributed by atoms with Crippen LogP contribution in [0.4, 0.5) is 11.4 Å². The molecule has 1 amide bonds. The van der Waals surface area contributed by atoms with Gasteiger partial charge in [0, 0.05) is 41.8 Å². The van der Waals surface area contributed by atoms with Crippen molar-refractivity contribution in [2.45, 2.75) is 13.2 Å². The number of para-hydroxylation sites is 1. The van der Waals surface area contributed by atoms with Crippen molar-refractivity contribution >= 4 is 17.3 Å². The molecule has 3 aromatic rings. The molecule has 1 heterocycles. The summed E-state index contributed by atoms with van der Waals surface area (Å²) in [4.78, 5) is 21.7. The number of rotatable bonds is 8. The van der Waals surface area contributed by atoms with E-state index in [0.717, 1.165) is 11.1 Å². The second-order valence-corrected chi connectivity index (χ2v) is 6.21. The second kappa shape index (κ2) is 9.43. The third-order valence-electron chi connectivity index (χ3n) is 4.17. The molecular formula is C21H22N4O4. The summed E-state index contributed by atoms with van der Waals surface area (Å²) in [6.45, 7) is 0.547. The molecule has 0 spiro atoms. The first-order chi connectivity index (χ1) is 14.1. The molecule has 5 N–H and O–H groups in total. The van der Waals surface area contributed by atoms with Gasteiger partial charge in [-0.3, -0.25) is 9.63 Å². The van der Waals surface area contributed by atoms with E-state index in [1.54, 1.807) is 55.6 Å². The van der Waals surface area contributed by atoms with Gasteiger partial charge in [-0.15, -0.1) is 0 Å². The van der Waals surface area contributed by atoms with Gasteiger partial charge >= 0.3 is 0 Å². The molecule has 0 bridgehead atoms. The summed E-state index contributed by atoms with van der Waals surface area (Å²) < 4.78 is 5.26. The van der Waals surface area contributed by atoms with E-state index < -0.39 is 0 Å². The van der Waals surface area contributed by atoms with E-state index in [0.29, 0.717) is 29.2 Å². The fourth-order valence-corrected chi connectivity index (χ4v) is 2.72. The first kappa shape index (κ1) is 20.0. The van der Waals surface area contributed by atoms with Crippen LogP contribution in [0.25, 0.3) is 0 Å². The molecule has 0 fully saturated rings. The van der Waals surface area contributed by atoms with E-state index in [1.807, 2.05) is 6.07 Å². The minimum Gasteiger partial charge on any atom is -0.496 e. The Morgan fingerprint density at radius 3 is 2.79 bits per heavy atom. The summed E-state index contributed by atoms with van der Waals surface area (Å²) in [5, 5.41) is 12.6. The number of hydrogen-bond donors (Lipinski definition) is 4. The zero-order valence-corrected chi connectivity index (χ0v) is 15.9. The van der Waals surface area contributed by atoms with E-state index in [9.17, 15) is 9.90 Å². The number of nitrogens with one attached hydrogen (secondary N) is 2. The predicted molar refractivity (Wildman–Crippen MR) is 109 cm³/mol. The van der Waals surface area contributed by atoms with Gasteiger partial charge < -0.3 is 20.9 Å². The summed E-state index contributed by atoms with van der Waals surface area (Å²) >= 11 is 0. The number of ether oxygens (including phenoxy) is 1. The second-order valence-electron chi connectivity index (χ2n) is 6.21. The van der Waals surface area contributed by atoms with Crippen LogP contribution in [0, 0.1) is 0 Å². The third kappa shape index (κ3) is 5.36. The Hall–Kier alpha value is -3.78. The van der Waals surface area contributed by atoms with Crippen LogP contribution in [0.3, 0.4) is 0 Å². The molecule has 0 saturated heterocycles. The number of benzene rings is 2. The van der Waals surface area contributed by atoms with Crippen molar-refractivity contribution in [1.82, 2.24) is 10.5 Å². The first-order valence-electron chi connectivity index (χ1n) is 8.88. The van der Waals surface area contributed by atoms with Crippen molar-refractivity contribution in [3.8, 4) is 11.6 Å². The van der Waals surface area contributed by atoms with Gasteiger partial charge in [-0.1, -0.05) is 18.2 Å². The molecule has 2 aromatic carbocycles. The molecule has 0 atom stereocenters. The largest absolute Gasteiger partial charge is 0.496 e. The number of nitrogens with zero attached hydrogens (tertiary/aromatic N) is 1. The van der Waals surface area contributed by atoms with Crippen LogP contribution < -0.4 is 21.3 Å². The molecule has 0 aliphatic heterocycles. The molecule has 8 nitrogen and oxygen atoms in total. The standard InChI is InChI=1S/C21H22N4O4/c1-28-19-11-16(22)7-6-15(19)13-29-25-21(27)17-4-2-3-5-18(17)24-12-14-8-9-23-20(26)10-14/h2-11,24H,12-13,22H2,1H3,(H,23,26)(H,25,27). The number of amides is 1. The number of pyridine rings is 1. The Balaban J connectivity index is 1.61. The molecule has 0 radical (unpaired) electrons. The van der Waals surface area contributed by atoms with E-state index in [2.05, 4.69) is 15.8 Å². The molecule has 0 aliphatic rings. The van der Waals surface area contributed by atoms with Gasteiger partial charge in [0.05, 0.1) is 12.7 Å². The Morgan fingerprint density at radius 2 is 2.00 bits per heavy atom. The number of anilines is 2. The summed E-state index contributed by atoms with van der Waals surface area (Å²) in [5.74, 6) is 0.142. The van der Waals surface area contributed by atoms with E-state index >= 15 is 0 Å². The lowest BCUT2D eigenvalue weighted by atomic mass is 10.1. The number of methoxy groups -OCH3 is 1. The SMILES string of the molecule is COc1cc(N)ccc1CONC(=O)c1ccccc1NCc1ccnc(O)c1. The lowest BCUT2D eigenvalue weighted by molar-refractivity contribution is 0.0228. The normalized spacial score (nSPS) is 10.4. The molecule has 29 heavy (non-hydrogen) atoms. The quantitative estimate of drug-likeness (QED) is 0.343. The smallest absolute Gasteiger partial charge is 0.276 e. The van der Waals surface area contributed by atoms with Crippen molar-refractivity contribution < 1.29 is 19.5 Å². The van der Waals surface area contributed by atoms with Gasteiger partial charge in [0.1, 0.15) is 12.4 Å². The highest BCUT2D eigenvalue weighted by atomic mass is 16.7. The Kier molecular flexibility index (Phi) is 6.49. The van der Waals surface area contributed by atoms with Crippen LogP contribution in [0.1, 0.15) is 21.5 Å². The van der Waals surface area contributed by atoms with Crippen LogP contribution in [0.15, 0.2) is 60.8 Å². The molecule has 1 aromatic heterocycles. The number of aromatic hydroxyl groups is 1. The number of carbonyl (C=O) groups is 1. The van der Waals surface area contributed by atoms with Crippen molar-refractivity contribution in [2.75, 3.05) is 18.2 Å². The van der Waals surface area contributed by atoms with Crippen molar-refractivity contribution in [1.29, 1.82) is 0 Å². The van der Waals surface area contributed by atoms with Crippen LogP contribution in [0.2, 0.25) is 0 Å². The van der Waals surface area contributed by atoms with E-state index in [1.165, 1.54) is 6.20 Å². The molecule has 0 saturated carbocycles. The Morgan fingerprint density at radius 1 is 1.17 bits per heavy atom. The fraction of sp³-hybridized carbons (Fsp3) is 0.143. The molecule has 8 heteroatoms. The first-order valence-corrected chi connectivity index (χ1v) is 8.88. The van der Waals surface area contributed by atoms with Crippen LogP contribution in [0.5, 0.6) is 11.6 Å². The van der Waals surface area contributed by atoms with Crippen LogP contribution in [-0.2, 0) is 18.0 Å². The minimum absolute atomic E-state index is 0.0539. The maximum atomic E-state index is 12.6. The van der Waals surface area contributed by atoms with Gasteiger partial charge in [-0.2, -0.15) is 0 Å². The van der Waals surface area contributed by atoms with E-state index in [-0.39, 0.29) is 18.4 Å². The number of nitrogens with two attached hydrogens (primary N) is 1. The summed E-state index contributed by atoms with van der Waals surface area (Å²) in [6.07, 6.45) is 1.52. The zero-order valence-electron chi connectivity index (χ0n) is 15.9. The van der Waals surface area contributed by atoms with Crippen LogP contribution in [-0.4, -0.2) is 23.1 Å². The molecule has 0 unspecified atom stereocenters. The van der Waals surface area contributed by atoms with Gasteiger partial charge in [0.25, 0.3) is 5.91 Å². The summed E-state index contributed by atoms with van der Waals surface area (Å²) in [5.41, 5.74) is 11.4. The minimum atomic E-state index is -0.389. The maximum absolute atomic E-state index is 12.6. The predicted octanol–water partition coefficient (Wildman–Crippen LogP) is 2.85. The van der Waals surface area contributed by atoms with Gasteiger partial charge in [-0.25, -0.2) is 10.5 Å². The molecule has 150 valence electrons. The van der Waals surface area contributed by atoms with E-state index in [4.69, 9.17) is 15.3 Å². The van der Waals surface area contributed by atoms with Crippen molar-refractivity contribution in [3.05, 3.63) is 77.5 Å². The lowest BCUT2D eigenvalue weighted by Gasteiger charge is -2.13. The fourth-order valence-electron chi connectivity index (χ4n) is 2.72. The average Bonchev–Trinajstić information content (AvgIpc) is 2.73. The third-order valence-corrected chi connectivity index (χ3v) is 4.17. The van der Waals surface area contributed by atoms with Crippen LogP contribution >= 0.6 is 0 Å². The Bertz CT molecular complexity index is 994. The van der Waals surface area contributed by atoms with Crippen molar-refractivity contribution in [2.24, 2.45) is 0 Å². The monoisotopic (exact) mass is 394 g/mol. The highest BCUT2D eigenvalue weighted by Crippen LogP contribution is 2.22. The number of hydroxylamine groups is 1. The lowest BCUT2D eigenvalue weighted by Crippen LogP contribution is -2.24. The number of aromatic nitrogens is 1.